The molecule has 0 saturated heterocycles. The van der Waals surface area contributed by atoms with Gasteiger partial charge in [0.25, 0.3) is 0 Å². The van der Waals surface area contributed by atoms with Crippen LogP contribution in [0.5, 0.6) is 0 Å². The number of halogens is 1. The minimum atomic E-state index is -2.21. The molecule has 3 aromatic rings. The van der Waals surface area contributed by atoms with Crippen LogP contribution >= 0.6 is 11.6 Å². The van der Waals surface area contributed by atoms with E-state index in [1.807, 2.05) is 75.4 Å². The number of aromatic nitrogens is 1. The number of esters is 1. The standard InChI is InChI=1S/C35H48ClN3O5Si/c1-34(2,3)43-33(41)39(24-31(26-15-10-16-27(36)22-26)44-45(8,9)35(4,5)6)21-13-20-37-28-17-11-14-25(23-28)29-18-12-19-30(38-29)32(40)42-7/h10-12,14-19,22-23,31,37H,13,20-21,24H2,1-9H3/t31-/m1/s1. The first-order chi connectivity index (χ1) is 21.0. The molecule has 0 unspecified atom stereocenters. The highest BCUT2D eigenvalue weighted by molar-refractivity contribution is 6.74. The van der Waals surface area contributed by atoms with E-state index in [0.717, 1.165) is 16.8 Å². The van der Waals surface area contributed by atoms with Crippen molar-refractivity contribution in [2.45, 2.75) is 77.8 Å². The molecule has 1 amide bonds. The first-order valence-electron chi connectivity index (χ1n) is 15.3. The first kappa shape index (κ1) is 36.1. The van der Waals surface area contributed by atoms with Crippen LogP contribution in [-0.2, 0) is 13.9 Å². The summed E-state index contributed by atoms with van der Waals surface area (Å²) in [6.07, 6.45) is -0.0797. The van der Waals surface area contributed by atoms with Crippen LogP contribution in [0.1, 0.15) is 70.1 Å². The molecule has 3 rings (SSSR count). The third-order valence-electron chi connectivity index (χ3n) is 7.74. The highest BCUT2D eigenvalue weighted by Crippen LogP contribution is 2.40. The molecule has 2 aromatic carbocycles. The van der Waals surface area contributed by atoms with Gasteiger partial charge in [-0.25, -0.2) is 14.6 Å². The second kappa shape index (κ2) is 15.3. The molecule has 0 fully saturated rings. The lowest BCUT2D eigenvalue weighted by molar-refractivity contribution is 0.0155. The Hall–Kier alpha value is -3.40. The maximum atomic E-state index is 13.5. The number of carbonyl (C=O) groups excluding carboxylic acids is 2. The number of hydrogen-bond acceptors (Lipinski definition) is 7. The zero-order valence-electron chi connectivity index (χ0n) is 28.1. The quantitative estimate of drug-likeness (QED) is 0.118. The Labute approximate surface area is 274 Å². The van der Waals surface area contributed by atoms with Crippen LogP contribution in [-0.4, -0.2) is 62.6 Å². The van der Waals surface area contributed by atoms with Gasteiger partial charge in [-0.05, 0) is 87.3 Å². The van der Waals surface area contributed by atoms with Crippen LogP contribution < -0.4 is 5.32 Å². The number of ether oxygens (including phenoxy) is 2. The summed E-state index contributed by atoms with van der Waals surface area (Å²) in [4.78, 5) is 31.6. The summed E-state index contributed by atoms with van der Waals surface area (Å²) in [5.41, 5.74) is 2.99. The molecule has 45 heavy (non-hydrogen) atoms. The molecule has 0 saturated carbocycles. The van der Waals surface area contributed by atoms with Crippen molar-refractivity contribution in [3.8, 4) is 11.3 Å². The number of benzene rings is 2. The van der Waals surface area contributed by atoms with Crippen molar-refractivity contribution in [2.24, 2.45) is 0 Å². The molecule has 10 heteroatoms. The van der Waals surface area contributed by atoms with Gasteiger partial charge in [-0.2, -0.15) is 0 Å². The van der Waals surface area contributed by atoms with E-state index < -0.39 is 19.9 Å². The van der Waals surface area contributed by atoms with Gasteiger partial charge in [0.15, 0.2) is 8.32 Å². The predicted octanol–water partition coefficient (Wildman–Crippen LogP) is 8.99. The molecule has 0 aliphatic rings. The summed E-state index contributed by atoms with van der Waals surface area (Å²) in [5.74, 6) is -0.479. The molecule has 0 radical (unpaired) electrons. The molecule has 0 aliphatic heterocycles. The van der Waals surface area contributed by atoms with E-state index in [9.17, 15) is 9.59 Å². The van der Waals surface area contributed by atoms with Crippen molar-refractivity contribution in [2.75, 3.05) is 32.1 Å². The lowest BCUT2D eigenvalue weighted by Crippen LogP contribution is -2.46. The Morgan fingerprint density at radius 1 is 0.978 bits per heavy atom. The maximum absolute atomic E-state index is 13.5. The summed E-state index contributed by atoms with van der Waals surface area (Å²) in [6.45, 7) is 18.0. The molecule has 1 N–H and O–H groups in total. The fourth-order valence-corrected chi connectivity index (χ4v) is 5.81. The monoisotopic (exact) mass is 653 g/mol. The molecule has 1 atom stereocenters. The van der Waals surface area contributed by atoms with E-state index >= 15 is 0 Å². The maximum Gasteiger partial charge on any atom is 0.410 e. The number of hydrogen-bond donors (Lipinski definition) is 1. The normalized spacial score (nSPS) is 12.8. The minimum absolute atomic E-state index is 0.0187. The van der Waals surface area contributed by atoms with Crippen LogP contribution in [0.15, 0.2) is 66.7 Å². The molecule has 1 aromatic heterocycles. The average molecular weight is 654 g/mol. The van der Waals surface area contributed by atoms with Gasteiger partial charge >= 0.3 is 12.1 Å². The van der Waals surface area contributed by atoms with Gasteiger partial charge < -0.3 is 24.1 Å². The van der Waals surface area contributed by atoms with Crippen LogP contribution in [0.25, 0.3) is 11.3 Å². The average Bonchev–Trinajstić information content (AvgIpc) is 2.96. The summed E-state index contributed by atoms with van der Waals surface area (Å²) < 4.78 is 17.5. The van der Waals surface area contributed by atoms with E-state index in [2.05, 4.69) is 44.2 Å². The molecular weight excluding hydrogens is 606 g/mol. The van der Waals surface area contributed by atoms with E-state index in [0.29, 0.717) is 36.8 Å². The number of methoxy groups -OCH3 is 1. The van der Waals surface area contributed by atoms with Crippen LogP contribution in [0.4, 0.5) is 10.5 Å². The predicted molar refractivity (Wildman–Crippen MR) is 184 cm³/mol. The third-order valence-corrected chi connectivity index (χ3v) is 12.5. The van der Waals surface area contributed by atoms with Crippen molar-refractivity contribution >= 4 is 37.7 Å². The van der Waals surface area contributed by atoms with Gasteiger partial charge in [-0.3, -0.25) is 0 Å². The first-order valence-corrected chi connectivity index (χ1v) is 18.6. The Bertz CT molecular complexity index is 1450. The molecule has 244 valence electrons. The second-order valence-corrected chi connectivity index (χ2v) is 18.8. The zero-order chi connectivity index (χ0) is 33.4. The Kier molecular flexibility index (Phi) is 12.2. The van der Waals surface area contributed by atoms with Crippen LogP contribution in [0.3, 0.4) is 0 Å². The van der Waals surface area contributed by atoms with E-state index in [1.165, 1.54) is 7.11 Å². The van der Waals surface area contributed by atoms with Gasteiger partial charge in [0, 0.05) is 29.4 Å². The second-order valence-electron chi connectivity index (χ2n) is 13.6. The molecular formula is C35H48ClN3O5Si. The largest absolute Gasteiger partial charge is 0.464 e. The number of nitrogens with zero attached hydrogens (tertiary/aromatic N) is 2. The third kappa shape index (κ3) is 10.9. The number of carbonyl (C=O) groups is 2. The zero-order valence-corrected chi connectivity index (χ0v) is 29.8. The van der Waals surface area contributed by atoms with Gasteiger partial charge in [0.05, 0.1) is 25.5 Å². The van der Waals surface area contributed by atoms with Crippen LogP contribution in [0, 0.1) is 0 Å². The highest BCUT2D eigenvalue weighted by Gasteiger charge is 2.40. The summed E-state index contributed by atoms with van der Waals surface area (Å²) >= 11 is 6.39. The summed E-state index contributed by atoms with van der Waals surface area (Å²) in [7, 11) is -0.872. The fourth-order valence-electron chi connectivity index (χ4n) is 4.34. The number of anilines is 1. The van der Waals surface area contributed by atoms with E-state index in [-0.39, 0.29) is 22.9 Å². The lowest BCUT2D eigenvalue weighted by Gasteiger charge is -2.40. The minimum Gasteiger partial charge on any atom is -0.464 e. The van der Waals surface area contributed by atoms with Crippen molar-refractivity contribution in [3.63, 3.8) is 0 Å². The van der Waals surface area contributed by atoms with Crippen molar-refractivity contribution in [1.29, 1.82) is 0 Å². The number of nitrogens with one attached hydrogen (secondary N) is 1. The highest BCUT2D eigenvalue weighted by atomic mass is 35.5. The Morgan fingerprint density at radius 3 is 2.31 bits per heavy atom. The SMILES string of the molecule is COC(=O)c1cccc(-c2cccc(NCCCN(C[C@@H](O[Si](C)(C)C(C)(C)C)c3cccc(Cl)c3)C(=O)OC(C)(C)C)c2)n1. The molecule has 0 aliphatic carbocycles. The topological polar surface area (TPSA) is 90.0 Å². The van der Waals surface area contributed by atoms with Gasteiger partial charge in [0.2, 0.25) is 0 Å². The summed E-state index contributed by atoms with van der Waals surface area (Å²) in [6, 6.07) is 20.8. The van der Waals surface area contributed by atoms with E-state index in [4.69, 9.17) is 25.5 Å². The van der Waals surface area contributed by atoms with Crippen molar-refractivity contribution in [1.82, 2.24) is 9.88 Å². The van der Waals surface area contributed by atoms with Gasteiger partial charge in [0.1, 0.15) is 11.3 Å². The summed E-state index contributed by atoms with van der Waals surface area (Å²) in [5, 5.41) is 4.06. The number of pyridine rings is 1. The Morgan fingerprint density at radius 2 is 1.67 bits per heavy atom. The number of rotatable bonds is 12. The molecule has 0 spiro atoms. The Balaban J connectivity index is 1.77. The molecule has 1 heterocycles. The van der Waals surface area contributed by atoms with Gasteiger partial charge in [-0.1, -0.05) is 62.7 Å². The van der Waals surface area contributed by atoms with Crippen LogP contribution in [0.2, 0.25) is 23.2 Å². The van der Waals surface area contributed by atoms with E-state index in [1.54, 1.807) is 17.0 Å². The smallest absolute Gasteiger partial charge is 0.410 e. The van der Waals surface area contributed by atoms with Crippen molar-refractivity contribution in [3.05, 3.63) is 83.0 Å². The van der Waals surface area contributed by atoms with Gasteiger partial charge in [-0.15, -0.1) is 0 Å². The van der Waals surface area contributed by atoms with Crippen molar-refractivity contribution < 1.29 is 23.5 Å². The fraction of sp³-hybridized carbons (Fsp3) is 0.457. The molecule has 0 bridgehead atoms. The number of amides is 1. The molecule has 8 nitrogen and oxygen atoms in total. The lowest BCUT2D eigenvalue weighted by atomic mass is 10.1.